The summed E-state index contributed by atoms with van der Waals surface area (Å²) in [6.45, 7) is 3.30. The van der Waals surface area contributed by atoms with Crippen molar-refractivity contribution in [2.45, 2.75) is 16.8 Å². The maximum Gasteiger partial charge on any atom is 0.259 e. The Hall–Kier alpha value is -2.14. The predicted molar refractivity (Wildman–Crippen MR) is 111 cm³/mol. The van der Waals surface area contributed by atoms with Crippen LogP contribution in [0.2, 0.25) is 0 Å². The molecule has 2 heterocycles. The molecule has 0 saturated carbocycles. The lowest BCUT2D eigenvalue weighted by Gasteiger charge is -2.26. The molecule has 1 saturated heterocycles. The van der Waals surface area contributed by atoms with Crippen LogP contribution in [0.3, 0.4) is 0 Å². The van der Waals surface area contributed by atoms with Crippen molar-refractivity contribution < 1.29 is 22.7 Å². The van der Waals surface area contributed by atoms with E-state index in [0.29, 0.717) is 18.9 Å². The number of hydrogen-bond donors (Lipinski definition) is 1. The largest absolute Gasteiger partial charge is 0.496 e. The van der Waals surface area contributed by atoms with E-state index in [4.69, 9.17) is 9.47 Å². The molecule has 0 bridgehead atoms. The van der Waals surface area contributed by atoms with E-state index < -0.39 is 15.9 Å². The summed E-state index contributed by atoms with van der Waals surface area (Å²) < 4.78 is 37.6. The van der Waals surface area contributed by atoms with Crippen molar-refractivity contribution in [1.29, 1.82) is 0 Å². The molecular formula is C19H23N3O5S2. The van der Waals surface area contributed by atoms with Crippen LogP contribution in [0, 0.1) is 0 Å². The highest BCUT2D eigenvalue weighted by molar-refractivity contribution is 7.99. The predicted octanol–water partition coefficient (Wildman–Crippen LogP) is 2.48. The van der Waals surface area contributed by atoms with Crippen molar-refractivity contribution in [3.05, 3.63) is 42.1 Å². The summed E-state index contributed by atoms with van der Waals surface area (Å²) in [6.07, 6.45) is 1.57. The van der Waals surface area contributed by atoms with Crippen LogP contribution in [0.1, 0.15) is 17.3 Å². The fourth-order valence-electron chi connectivity index (χ4n) is 2.85. The standard InChI is InChI=1S/C19H23N3O5S2/c1-3-28-18-7-4-14(13-20-18)21-19(23)16-12-15(5-6-17(16)26-2)29(24,25)22-8-10-27-11-9-22/h4-7,12-13H,3,8-11H2,1-2H3,(H,21,23). The Bertz CT molecular complexity index is 958. The summed E-state index contributed by atoms with van der Waals surface area (Å²) in [6, 6.07) is 7.85. The Labute approximate surface area is 174 Å². The van der Waals surface area contributed by atoms with Gasteiger partial charge in [0.1, 0.15) is 5.75 Å². The Morgan fingerprint density at radius 3 is 2.66 bits per heavy atom. The van der Waals surface area contributed by atoms with Gasteiger partial charge in [0.2, 0.25) is 10.0 Å². The molecule has 1 aromatic heterocycles. The third-order valence-electron chi connectivity index (χ3n) is 4.31. The number of ether oxygens (including phenoxy) is 2. The normalized spacial score (nSPS) is 15.1. The molecule has 1 aliphatic heterocycles. The van der Waals surface area contributed by atoms with Crippen LogP contribution in [-0.2, 0) is 14.8 Å². The molecule has 0 aliphatic carbocycles. The Balaban J connectivity index is 1.85. The lowest BCUT2D eigenvalue weighted by Crippen LogP contribution is -2.40. The minimum Gasteiger partial charge on any atom is -0.496 e. The van der Waals surface area contributed by atoms with Crippen molar-refractivity contribution in [2.24, 2.45) is 0 Å². The number of amides is 1. The number of hydrogen-bond acceptors (Lipinski definition) is 7. The topological polar surface area (TPSA) is 97.8 Å². The van der Waals surface area contributed by atoms with Crippen LogP contribution in [0.5, 0.6) is 5.75 Å². The SMILES string of the molecule is CCSc1ccc(NC(=O)c2cc(S(=O)(=O)N3CCOCC3)ccc2OC)cn1. The van der Waals surface area contributed by atoms with Crippen LogP contribution in [-0.4, -0.2) is 62.8 Å². The van der Waals surface area contributed by atoms with E-state index >= 15 is 0 Å². The first-order valence-corrected chi connectivity index (χ1v) is 11.5. The first-order valence-electron chi connectivity index (χ1n) is 9.12. The van der Waals surface area contributed by atoms with Gasteiger partial charge < -0.3 is 14.8 Å². The quantitative estimate of drug-likeness (QED) is 0.665. The van der Waals surface area contributed by atoms with Crippen LogP contribution >= 0.6 is 11.8 Å². The third-order valence-corrected chi connectivity index (χ3v) is 7.03. The van der Waals surface area contributed by atoms with Gasteiger partial charge in [-0.1, -0.05) is 6.92 Å². The zero-order valence-corrected chi connectivity index (χ0v) is 17.9. The summed E-state index contributed by atoms with van der Waals surface area (Å²) in [5.41, 5.74) is 0.646. The van der Waals surface area contributed by atoms with Gasteiger partial charge in [-0.05, 0) is 36.1 Å². The first-order chi connectivity index (χ1) is 14.0. The molecule has 0 spiro atoms. The molecule has 1 aliphatic rings. The number of anilines is 1. The van der Waals surface area contributed by atoms with E-state index in [1.54, 1.807) is 24.0 Å². The Morgan fingerprint density at radius 2 is 2.03 bits per heavy atom. The number of sulfonamides is 1. The zero-order chi connectivity index (χ0) is 20.9. The number of rotatable bonds is 7. The van der Waals surface area contributed by atoms with Gasteiger partial charge in [-0.25, -0.2) is 13.4 Å². The second kappa shape index (κ2) is 9.57. The van der Waals surface area contributed by atoms with E-state index in [2.05, 4.69) is 10.3 Å². The summed E-state index contributed by atoms with van der Waals surface area (Å²) in [7, 11) is -2.29. The number of nitrogens with one attached hydrogen (secondary N) is 1. The highest BCUT2D eigenvalue weighted by Crippen LogP contribution is 2.26. The lowest BCUT2D eigenvalue weighted by atomic mass is 10.2. The summed E-state index contributed by atoms with van der Waals surface area (Å²) in [4.78, 5) is 17.1. The van der Waals surface area contributed by atoms with Crippen LogP contribution in [0.25, 0.3) is 0 Å². The van der Waals surface area contributed by atoms with Gasteiger partial charge in [0.05, 0.1) is 47.7 Å². The molecule has 0 unspecified atom stereocenters. The third kappa shape index (κ3) is 5.08. The zero-order valence-electron chi connectivity index (χ0n) is 16.3. The van der Waals surface area contributed by atoms with Crippen LogP contribution in [0.15, 0.2) is 46.5 Å². The maximum atomic E-state index is 12.9. The number of benzene rings is 1. The highest BCUT2D eigenvalue weighted by atomic mass is 32.2. The molecule has 0 atom stereocenters. The number of carbonyl (C=O) groups excluding carboxylic acids is 1. The number of pyridine rings is 1. The first kappa shape index (κ1) is 21.6. The van der Waals surface area contributed by atoms with Crippen LogP contribution < -0.4 is 10.1 Å². The van der Waals surface area contributed by atoms with Crippen molar-refractivity contribution in [3.8, 4) is 5.75 Å². The molecule has 1 aromatic carbocycles. The van der Waals surface area contributed by atoms with E-state index in [9.17, 15) is 13.2 Å². The van der Waals surface area contributed by atoms with Gasteiger partial charge in [-0.15, -0.1) is 11.8 Å². The number of nitrogens with zero attached hydrogens (tertiary/aromatic N) is 2. The monoisotopic (exact) mass is 437 g/mol. The molecule has 0 radical (unpaired) electrons. The van der Waals surface area contributed by atoms with E-state index in [-0.39, 0.29) is 29.3 Å². The minimum atomic E-state index is -3.73. The molecule has 8 nitrogen and oxygen atoms in total. The molecule has 1 amide bonds. The summed E-state index contributed by atoms with van der Waals surface area (Å²) in [5, 5.41) is 3.60. The van der Waals surface area contributed by atoms with Gasteiger partial charge in [0.15, 0.2) is 0 Å². The number of thioether (sulfide) groups is 1. The second-order valence-corrected chi connectivity index (χ2v) is 9.37. The van der Waals surface area contributed by atoms with E-state index in [1.165, 1.54) is 29.6 Å². The van der Waals surface area contributed by atoms with Crippen molar-refractivity contribution >= 4 is 33.4 Å². The molecular weight excluding hydrogens is 414 g/mol. The summed E-state index contributed by atoms with van der Waals surface area (Å²) in [5.74, 6) is 0.716. The van der Waals surface area contributed by atoms with Crippen molar-refractivity contribution in [2.75, 3.05) is 44.5 Å². The molecule has 1 N–H and O–H groups in total. The number of aromatic nitrogens is 1. The molecule has 2 aromatic rings. The van der Waals surface area contributed by atoms with Crippen molar-refractivity contribution in [1.82, 2.24) is 9.29 Å². The van der Waals surface area contributed by atoms with E-state index in [1.807, 2.05) is 13.0 Å². The fraction of sp³-hybridized carbons (Fsp3) is 0.368. The van der Waals surface area contributed by atoms with Gasteiger partial charge in [0, 0.05) is 13.1 Å². The number of methoxy groups -OCH3 is 1. The molecule has 29 heavy (non-hydrogen) atoms. The highest BCUT2D eigenvalue weighted by Gasteiger charge is 2.28. The summed E-state index contributed by atoms with van der Waals surface area (Å²) >= 11 is 1.60. The van der Waals surface area contributed by atoms with Gasteiger partial charge in [-0.2, -0.15) is 4.31 Å². The molecule has 156 valence electrons. The fourth-order valence-corrected chi connectivity index (χ4v) is 4.87. The average Bonchev–Trinajstić information content (AvgIpc) is 2.75. The molecule has 3 rings (SSSR count). The minimum absolute atomic E-state index is 0.0400. The number of carbonyl (C=O) groups is 1. The average molecular weight is 438 g/mol. The second-order valence-electron chi connectivity index (χ2n) is 6.15. The van der Waals surface area contributed by atoms with Gasteiger partial charge in [-0.3, -0.25) is 4.79 Å². The maximum absolute atomic E-state index is 12.9. The molecule has 10 heteroatoms. The number of morpholine rings is 1. The smallest absolute Gasteiger partial charge is 0.259 e. The van der Waals surface area contributed by atoms with Crippen molar-refractivity contribution in [3.63, 3.8) is 0 Å². The van der Waals surface area contributed by atoms with Crippen LogP contribution in [0.4, 0.5) is 5.69 Å². The molecule has 1 fully saturated rings. The van der Waals surface area contributed by atoms with Gasteiger partial charge >= 0.3 is 0 Å². The van der Waals surface area contributed by atoms with E-state index in [0.717, 1.165) is 10.8 Å². The Morgan fingerprint density at radius 1 is 1.28 bits per heavy atom. The Kier molecular flexibility index (Phi) is 7.12. The van der Waals surface area contributed by atoms with Gasteiger partial charge in [0.25, 0.3) is 5.91 Å². The lowest BCUT2D eigenvalue weighted by molar-refractivity contribution is 0.0730.